The zero-order chi connectivity index (χ0) is 19.6. The summed E-state index contributed by atoms with van der Waals surface area (Å²) in [6.07, 6.45) is 0.926. The van der Waals surface area contributed by atoms with Crippen molar-refractivity contribution < 1.29 is 14.3 Å². The van der Waals surface area contributed by atoms with E-state index in [0.717, 1.165) is 5.75 Å². The Morgan fingerprint density at radius 2 is 1.74 bits per heavy atom. The lowest BCUT2D eigenvalue weighted by atomic mass is 10.1. The van der Waals surface area contributed by atoms with Crippen molar-refractivity contribution in [2.45, 2.75) is 33.6 Å². The third-order valence-corrected chi connectivity index (χ3v) is 3.95. The molecule has 0 aliphatic heterocycles. The molecule has 2 N–H and O–H groups in total. The Balaban J connectivity index is 1.81. The number of hydrogen-bond acceptors (Lipinski definition) is 3. The van der Waals surface area contributed by atoms with Crippen molar-refractivity contribution in [3.05, 3.63) is 59.7 Å². The third-order valence-electron chi connectivity index (χ3n) is 3.95. The van der Waals surface area contributed by atoms with Gasteiger partial charge < -0.3 is 15.4 Å². The normalized spacial score (nSPS) is 10.5. The SMILES string of the molecule is Cc1ccc(OCCCC(=O)Nc2ccccc2C(=O)NCC(C)C)cc1. The summed E-state index contributed by atoms with van der Waals surface area (Å²) < 4.78 is 5.63. The molecule has 0 heterocycles. The van der Waals surface area contributed by atoms with Crippen LogP contribution in [0, 0.1) is 12.8 Å². The van der Waals surface area contributed by atoms with E-state index in [1.54, 1.807) is 24.3 Å². The van der Waals surface area contributed by atoms with Crippen LogP contribution in [0.4, 0.5) is 5.69 Å². The number of amides is 2. The molecule has 2 aromatic carbocycles. The molecule has 0 radical (unpaired) electrons. The minimum Gasteiger partial charge on any atom is -0.494 e. The molecule has 0 fully saturated rings. The number of nitrogens with one attached hydrogen (secondary N) is 2. The van der Waals surface area contributed by atoms with Crippen LogP contribution in [0.5, 0.6) is 5.75 Å². The second-order valence-electron chi connectivity index (χ2n) is 6.96. The predicted molar refractivity (Wildman–Crippen MR) is 108 cm³/mol. The summed E-state index contributed by atoms with van der Waals surface area (Å²) in [4.78, 5) is 24.5. The highest BCUT2D eigenvalue weighted by Crippen LogP contribution is 2.16. The first-order valence-electron chi connectivity index (χ1n) is 9.32. The first-order chi connectivity index (χ1) is 13.0. The zero-order valence-corrected chi connectivity index (χ0v) is 16.2. The number of benzene rings is 2. The van der Waals surface area contributed by atoms with Gasteiger partial charge >= 0.3 is 0 Å². The molecule has 2 amide bonds. The van der Waals surface area contributed by atoms with E-state index in [-0.39, 0.29) is 11.8 Å². The maximum atomic E-state index is 12.3. The Morgan fingerprint density at radius 3 is 2.44 bits per heavy atom. The van der Waals surface area contributed by atoms with Crippen LogP contribution >= 0.6 is 0 Å². The fourth-order valence-electron chi connectivity index (χ4n) is 2.45. The van der Waals surface area contributed by atoms with Gasteiger partial charge in [-0.25, -0.2) is 0 Å². The van der Waals surface area contributed by atoms with E-state index in [4.69, 9.17) is 4.74 Å². The summed E-state index contributed by atoms with van der Waals surface area (Å²) >= 11 is 0. The highest BCUT2D eigenvalue weighted by atomic mass is 16.5. The predicted octanol–water partition coefficient (Wildman–Crippen LogP) is 4.18. The number of rotatable bonds is 9. The van der Waals surface area contributed by atoms with E-state index in [2.05, 4.69) is 10.6 Å². The van der Waals surface area contributed by atoms with Gasteiger partial charge in [-0.2, -0.15) is 0 Å². The standard InChI is InChI=1S/C22H28N2O3/c1-16(2)15-23-22(26)19-7-4-5-8-20(19)24-21(25)9-6-14-27-18-12-10-17(3)11-13-18/h4-5,7-8,10-13,16H,6,9,14-15H2,1-3H3,(H,23,26)(H,24,25). The molecule has 5 nitrogen and oxygen atoms in total. The Kier molecular flexibility index (Phi) is 7.86. The highest BCUT2D eigenvalue weighted by molar-refractivity contribution is 6.03. The number of carbonyl (C=O) groups excluding carboxylic acids is 2. The number of hydrogen-bond donors (Lipinski definition) is 2. The molecule has 0 saturated carbocycles. The first-order valence-corrected chi connectivity index (χ1v) is 9.32. The van der Waals surface area contributed by atoms with Crippen LogP contribution in [0.1, 0.15) is 42.6 Å². The molecule has 0 spiro atoms. The molecule has 0 aliphatic carbocycles. The average molecular weight is 368 g/mol. The van der Waals surface area contributed by atoms with Gasteiger partial charge in [0.05, 0.1) is 17.9 Å². The average Bonchev–Trinajstić information content (AvgIpc) is 2.65. The van der Waals surface area contributed by atoms with Crippen LogP contribution in [0.15, 0.2) is 48.5 Å². The van der Waals surface area contributed by atoms with Gasteiger partial charge in [-0.1, -0.05) is 43.7 Å². The van der Waals surface area contributed by atoms with Gasteiger partial charge in [0, 0.05) is 13.0 Å². The van der Waals surface area contributed by atoms with E-state index in [1.165, 1.54) is 5.56 Å². The molecule has 144 valence electrons. The number of aryl methyl sites for hydroxylation is 1. The molecule has 27 heavy (non-hydrogen) atoms. The monoisotopic (exact) mass is 368 g/mol. The summed E-state index contributed by atoms with van der Waals surface area (Å²) in [5.41, 5.74) is 2.18. The zero-order valence-electron chi connectivity index (χ0n) is 16.2. The molecule has 0 aromatic heterocycles. The molecule has 2 rings (SSSR count). The van der Waals surface area contributed by atoms with Crippen LogP contribution in [0.3, 0.4) is 0 Å². The van der Waals surface area contributed by atoms with E-state index >= 15 is 0 Å². The molecule has 0 atom stereocenters. The van der Waals surface area contributed by atoms with Crippen molar-refractivity contribution in [1.29, 1.82) is 0 Å². The van der Waals surface area contributed by atoms with E-state index in [1.807, 2.05) is 45.0 Å². The van der Waals surface area contributed by atoms with Crippen LogP contribution in [0.2, 0.25) is 0 Å². The fourth-order valence-corrected chi connectivity index (χ4v) is 2.45. The molecular formula is C22H28N2O3. The molecule has 0 aliphatic rings. The lowest BCUT2D eigenvalue weighted by Gasteiger charge is -2.12. The van der Waals surface area contributed by atoms with Crippen molar-refractivity contribution >= 4 is 17.5 Å². The first kappa shape index (κ1) is 20.5. The molecule has 0 bridgehead atoms. The third kappa shape index (κ3) is 7.13. The van der Waals surface area contributed by atoms with Crippen LogP contribution < -0.4 is 15.4 Å². The van der Waals surface area contributed by atoms with Crippen molar-refractivity contribution in [3.63, 3.8) is 0 Å². The van der Waals surface area contributed by atoms with Gasteiger partial charge in [-0.05, 0) is 43.5 Å². The summed E-state index contributed by atoms with van der Waals surface area (Å²) in [6, 6.07) is 14.9. The van der Waals surface area contributed by atoms with Gasteiger partial charge in [0.1, 0.15) is 5.75 Å². The smallest absolute Gasteiger partial charge is 0.253 e. The minimum absolute atomic E-state index is 0.133. The highest BCUT2D eigenvalue weighted by Gasteiger charge is 2.13. The van der Waals surface area contributed by atoms with Crippen molar-refractivity contribution in [1.82, 2.24) is 5.32 Å². The Morgan fingerprint density at radius 1 is 1.04 bits per heavy atom. The van der Waals surface area contributed by atoms with Gasteiger partial charge in [-0.15, -0.1) is 0 Å². The van der Waals surface area contributed by atoms with E-state index in [9.17, 15) is 9.59 Å². The summed E-state index contributed by atoms with van der Waals surface area (Å²) in [7, 11) is 0. The topological polar surface area (TPSA) is 67.4 Å². The second kappa shape index (κ2) is 10.4. The van der Waals surface area contributed by atoms with Gasteiger partial charge in [0.15, 0.2) is 0 Å². The molecule has 5 heteroatoms. The van der Waals surface area contributed by atoms with Gasteiger partial charge in [-0.3, -0.25) is 9.59 Å². The van der Waals surface area contributed by atoms with Crippen LogP contribution in [0.25, 0.3) is 0 Å². The minimum atomic E-state index is -0.178. The number of ether oxygens (including phenoxy) is 1. The molecule has 0 unspecified atom stereocenters. The maximum absolute atomic E-state index is 12.3. The van der Waals surface area contributed by atoms with Crippen LogP contribution in [-0.4, -0.2) is 25.0 Å². The second-order valence-corrected chi connectivity index (χ2v) is 6.96. The lowest BCUT2D eigenvalue weighted by molar-refractivity contribution is -0.116. The summed E-state index contributed by atoms with van der Waals surface area (Å²) in [5.74, 6) is 0.853. The Bertz CT molecular complexity index is 754. The van der Waals surface area contributed by atoms with Crippen molar-refractivity contribution in [3.8, 4) is 5.75 Å². The summed E-state index contributed by atoms with van der Waals surface area (Å²) in [5, 5.41) is 5.71. The Labute approximate surface area is 161 Å². The molecule has 0 saturated heterocycles. The Hall–Kier alpha value is -2.82. The van der Waals surface area contributed by atoms with Crippen molar-refractivity contribution in [2.24, 2.45) is 5.92 Å². The fraction of sp³-hybridized carbons (Fsp3) is 0.364. The molecular weight excluding hydrogens is 340 g/mol. The summed E-state index contributed by atoms with van der Waals surface area (Å²) in [6.45, 7) is 7.15. The van der Waals surface area contributed by atoms with Crippen LogP contribution in [-0.2, 0) is 4.79 Å². The number of anilines is 1. The largest absolute Gasteiger partial charge is 0.494 e. The van der Waals surface area contributed by atoms with E-state index in [0.29, 0.717) is 43.2 Å². The quantitative estimate of drug-likeness (QED) is 0.653. The molecule has 2 aromatic rings. The number of para-hydroxylation sites is 1. The van der Waals surface area contributed by atoms with Gasteiger partial charge in [0.2, 0.25) is 5.91 Å². The number of carbonyl (C=O) groups is 2. The van der Waals surface area contributed by atoms with Crippen molar-refractivity contribution in [2.75, 3.05) is 18.5 Å². The maximum Gasteiger partial charge on any atom is 0.253 e. The van der Waals surface area contributed by atoms with Gasteiger partial charge in [0.25, 0.3) is 5.91 Å². The lowest BCUT2D eigenvalue weighted by Crippen LogP contribution is -2.28. The van der Waals surface area contributed by atoms with E-state index < -0.39 is 0 Å².